The Morgan fingerprint density at radius 2 is 1.77 bits per heavy atom. The van der Waals surface area contributed by atoms with Crippen molar-refractivity contribution in [3.8, 4) is 0 Å². The third-order valence-corrected chi connectivity index (χ3v) is 8.40. The Kier molecular flexibility index (Phi) is 3.18. The van der Waals surface area contributed by atoms with E-state index in [2.05, 4.69) is 20.4 Å². The highest BCUT2D eigenvalue weighted by molar-refractivity contribution is 5.79. The molecule has 4 aliphatic rings. The summed E-state index contributed by atoms with van der Waals surface area (Å²) in [5.41, 5.74) is 1.83. The first-order valence-corrected chi connectivity index (χ1v) is 9.23. The number of aliphatic hydroxyl groups excluding tert-OH is 1. The molecular formula is C20H30O2. The number of allylic oxidation sites excluding steroid dienone is 1. The van der Waals surface area contributed by atoms with Gasteiger partial charge in [-0.2, -0.15) is 0 Å². The molecule has 122 valence electrons. The van der Waals surface area contributed by atoms with Gasteiger partial charge < -0.3 is 5.11 Å². The Labute approximate surface area is 134 Å². The van der Waals surface area contributed by atoms with E-state index in [1.165, 1.54) is 12.0 Å². The van der Waals surface area contributed by atoms with E-state index in [0.717, 1.165) is 44.9 Å². The van der Waals surface area contributed by atoms with Gasteiger partial charge in [0.1, 0.15) is 5.78 Å². The van der Waals surface area contributed by atoms with Crippen LogP contribution in [0.15, 0.2) is 12.2 Å². The van der Waals surface area contributed by atoms with Crippen LogP contribution < -0.4 is 0 Å². The van der Waals surface area contributed by atoms with Crippen molar-refractivity contribution in [1.29, 1.82) is 0 Å². The molecule has 0 bridgehead atoms. The number of rotatable bonds is 0. The highest BCUT2D eigenvalue weighted by Crippen LogP contribution is 2.66. The number of carbonyl (C=O) groups is 1. The molecular weight excluding hydrogens is 272 g/mol. The maximum absolute atomic E-state index is 11.9. The predicted molar refractivity (Wildman–Crippen MR) is 87.3 cm³/mol. The Morgan fingerprint density at radius 1 is 1.05 bits per heavy atom. The van der Waals surface area contributed by atoms with Crippen LogP contribution in [-0.4, -0.2) is 17.0 Å². The minimum Gasteiger partial charge on any atom is -0.393 e. The van der Waals surface area contributed by atoms with Crippen molar-refractivity contribution < 1.29 is 9.90 Å². The monoisotopic (exact) mass is 302 g/mol. The fourth-order valence-corrected chi connectivity index (χ4v) is 6.89. The van der Waals surface area contributed by atoms with E-state index < -0.39 is 0 Å². The molecule has 7 atom stereocenters. The summed E-state index contributed by atoms with van der Waals surface area (Å²) < 4.78 is 0. The van der Waals surface area contributed by atoms with Crippen molar-refractivity contribution >= 4 is 5.78 Å². The SMILES string of the molecule is C=C1C[C@H]2CC(=O)CC[C@]2(C)[C@H]2CC[C@]3(C)[C@@H](O)CC[C@H]3[C@H]12. The van der Waals surface area contributed by atoms with Crippen molar-refractivity contribution in [2.45, 2.75) is 71.3 Å². The summed E-state index contributed by atoms with van der Waals surface area (Å²) in [6.45, 7) is 9.25. The van der Waals surface area contributed by atoms with Crippen LogP contribution >= 0.6 is 0 Å². The summed E-state index contributed by atoms with van der Waals surface area (Å²) in [5.74, 6) is 2.88. The smallest absolute Gasteiger partial charge is 0.133 e. The van der Waals surface area contributed by atoms with Crippen LogP contribution in [0.1, 0.15) is 65.2 Å². The third-order valence-electron chi connectivity index (χ3n) is 8.40. The summed E-state index contributed by atoms with van der Waals surface area (Å²) in [6.07, 6.45) is 8.08. The minimum atomic E-state index is -0.121. The van der Waals surface area contributed by atoms with Crippen LogP contribution in [-0.2, 0) is 4.79 Å². The zero-order valence-corrected chi connectivity index (χ0v) is 14.1. The summed E-state index contributed by atoms with van der Waals surface area (Å²) in [6, 6.07) is 0. The fourth-order valence-electron chi connectivity index (χ4n) is 6.89. The van der Waals surface area contributed by atoms with Crippen LogP contribution in [0, 0.1) is 34.5 Å². The quantitative estimate of drug-likeness (QED) is 0.683. The lowest BCUT2D eigenvalue weighted by Gasteiger charge is -2.60. The summed E-state index contributed by atoms with van der Waals surface area (Å²) in [4.78, 5) is 11.9. The van der Waals surface area contributed by atoms with E-state index in [4.69, 9.17) is 0 Å². The molecule has 0 spiro atoms. The predicted octanol–water partition coefficient (Wildman–Crippen LogP) is 4.13. The van der Waals surface area contributed by atoms with Gasteiger partial charge in [0.15, 0.2) is 0 Å². The zero-order valence-electron chi connectivity index (χ0n) is 14.1. The van der Waals surface area contributed by atoms with Crippen molar-refractivity contribution in [3.63, 3.8) is 0 Å². The van der Waals surface area contributed by atoms with Crippen LogP contribution in [0.3, 0.4) is 0 Å². The van der Waals surface area contributed by atoms with Crippen molar-refractivity contribution in [2.75, 3.05) is 0 Å². The molecule has 4 saturated carbocycles. The molecule has 0 saturated heterocycles. The molecule has 0 unspecified atom stereocenters. The third kappa shape index (κ3) is 1.79. The first kappa shape index (κ1) is 14.9. The van der Waals surface area contributed by atoms with Crippen molar-refractivity contribution in [3.05, 3.63) is 12.2 Å². The lowest BCUT2D eigenvalue weighted by Crippen LogP contribution is -2.54. The second-order valence-corrected chi connectivity index (χ2v) is 9.18. The number of ketones is 1. The zero-order chi connectivity index (χ0) is 15.7. The minimum absolute atomic E-state index is 0.109. The summed E-state index contributed by atoms with van der Waals surface area (Å²) >= 11 is 0. The molecule has 0 aliphatic heterocycles. The Balaban J connectivity index is 1.70. The Bertz CT molecular complexity index is 524. The standard InChI is InChI=1S/C20H30O2/c1-12-10-13-11-14(21)6-8-19(13,2)16-7-9-20(3)15(18(12)16)4-5-17(20)22/h13,15-18,22H,1,4-11H2,2-3H3/t13-,15-,16-,17-,18-,19-,20-/m0/s1. The van der Waals surface area contributed by atoms with E-state index in [-0.39, 0.29) is 11.5 Å². The Morgan fingerprint density at radius 3 is 2.55 bits per heavy atom. The number of carbonyl (C=O) groups excluding carboxylic acids is 1. The molecule has 4 rings (SSSR count). The van der Waals surface area contributed by atoms with Crippen LogP contribution in [0.5, 0.6) is 0 Å². The maximum atomic E-state index is 11.9. The van der Waals surface area contributed by atoms with Gasteiger partial charge in [0.2, 0.25) is 0 Å². The van der Waals surface area contributed by atoms with E-state index in [1.54, 1.807) is 0 Å². The average molecular weight is 302 g/mol. The summed E-state index contributed by atoms with van der Waals surface area (Å²) in [5, 5.41) is 10.5. The molecule has 4 fully saturated rings. The molecule has 0 heterocycles. The molecule has 0 radical (unpaired) electrons. The molecule has 22 heavy (non-hydrogen) atoms. The van der Waals surface area contributed by atoms with Gasteiger partial charge in [0.05, 0.1) is 6.10 Å². The van der Waals surface area contributed by atoms with Gasteiger partial charge in [-0.15, -0.1) is 0 Å². The topological polar surface area (TPSA) is 37.3 Å². The van der Waals surface area contributed by atoms with Crippen molar-refractivity contribution in [1.82, 2.24) is 0 Å². The molecule has 2 nitrogen and oxygen atoms in total. The molecule has 2 heteroatoms. The van der Waals surface area contributed by atoms with E-state index >= 15 is 0 Å². The van der Waals surface area contributed by atoms with Crippen LogP contribution in [0.25, 0.3) is 0 Å². The van der Waals surface area contributed by atoms with Gasteiger partial charge in [0, 0.05) is 12.8 Å². The lowest BCUT2D eigenvalue weighted by molar-refractivity contribution is -0.134. The van der Waals surface area contributed by atoms with Gasteiger partial charge in [-0.05, 0) is 73.0 Å². The number of hydrogen-bond donors (Lipinski definition) is 1. The van der Waals surface area contributed by atoms with E-state index in [9.17, 15) is 9.90 Å². The second-order valence-electron chi connectivity index (χ2n) is 9.18. The molecule has 0 amide bonds. The van der Waals surface area contributed by atoms with Crippen LogP contribution in [0.4, 0.5) is 0 Å². The summed E-state index contributed by atoms with van der Waals surface area (Å²) in [7, 11) is 0. The van der Waals surface area contributed by atoms with Gasteiger partial charge in [0.25, 0.3) is 0 Å². The first-order valence-electron chi connectivity index (χ1n) is 9.23. The molecule has 0 aromatic heterocycles. The molecule has 4 aliphatic carbocycles. The molecule has 0 aromatic carbocycles. The van der Waals surface area contributed by atoms with Gasteiger partial charge in [-0.3, -0.25) is 4.79 Å². The van der Waals surface area contributed by atoms with Crippen LogP contribution in [0.2, 0.25) is 0 Å². The number of fused-ring (bicyclic) bond motifs is 5. The Hall–Kier alpha value is -0.630. The average Bonchev–Trinajstić information content (AvgIpc) is 2.77. The number of aliphatic hydroxyl groups is 1. The number of hydrogen-bond acceptors (Lipinski definition) is 2. The van der Waals surface area contributed by atoms with Crippen molar-refractivity contribution in [2.24, 2.45) is 34.5 Å². The number of Topliss-reactive ketones (excluding diaryl/α,β-unsaturated/α-hetero) is 1. The van der Waals surface area contributed by atoms with E-state index in [1.807, 2.05) is 0 Å². The fraction of sp³-hybridized carbons (Fsp3) is 0.850. The normalized spacial score (nSPS) is 54.6. The maximum Gasteiger partial charge on any atom is 0.133 e. The lowest BCUT2D eigenvalue weighted by atomic mass is 9.44. The highest BCUT2D eigenvalue weighted by atomic mass is 16.3. The second kappa shape index (κ2) is 4.69. The van der Waals surface area contributed by atoms with Gasteiger partial charge in [-0.1, -0.05) is 26.0 Å². The molecule has 0 aromatic rings. The van der Waals surface area contributed by atoms with E-state index in [0.29, 0.717) is 34.9 Å². The molecule has 1 N–H and O–H groups in total. The largest absolute Gasteiger partial charge is 0.393 e. The van der Waals surface area contributed by atoms with Gasteiger partial charge >= 0.3 is 0 Å². The highest BCUT2D eigenvalue weighted by Gasteiger charge is 2.60. The van der Waals surface area contributed by atoms with Gasteiger partial charge in [-0.25, -0.2) is 0 Å². The first-order chi connectivity index (χ1) is 10.4.